The lowest BCUT2D eigenvalue weighted by Gasteiger charge is -2.18. The van der Waals surface area contributed by atoms with Crippen molar-refractivity contribution in [3.8, 4) is 0 Å². The second kappa shape index (κ2) is 22.3. The van der Waals surface area contributed by atoms with Crippen molar-refractivity contribution < 1.29 is 14.3 Å². The molecule has 0 rings (SSSR count). The summed E-state index contributed by atoms with van der Waals surface area (Å²) in [7, 11) is 0. The second-order valence-electron chi connectivity index (χ2n) is 6.21. The minimum atomic E-state index is -0.157. The molecule has 0 aliphatic heterocycles. The topological polar surface area (TPSA) is 97.6 Å². The van der Waals surface area contributed by atoms with Crippen molar-refractivity contribution in [3.05, 3.63) is 0 Å². The van der Waals surface area contributed by atoms with Crippen LogP contribution in [0.3, 0.4) is 0 Å². The van der Waals surface area contributed by atoms with E-state index < -0.39 is 0 Å². The van der Waals surface area contributed by atoms with Gasteiger partial charge >= 0.3 is 0 Å². The maximum atomic E-state index is 12.4. The number of hydrogen-bond donors (Lipinski definition) is 6. The van der Waals surface area contributed by atoms with Gasteiger partial charge in [0.25, 0.3) is 0 Å². The van der Waals surface area contributed by atoms with Crippen LogP contribution in [0.4, 0.5) is 0 Å². The van der Waals surface area contributed by atoms with Gasteiger partial charge in [0.05, 0.1) is 32.5 Å². The van der Waals surface area contributed by atoms with E-state index in [0.717, 1.165) is 63.2 Å². The van der Waals surface area contributed by atoms with Crippen molar-refractivity contribution >= 4 is 31.2 Å². The van der Waals surface area contributed by atoms with Crippen LogP contribution < -0.4 is 21.7 Å². The molecule has 0 bridgehead atoms. The van der Waals surface area contributed by atoms with Crippen LogP contribution in [0.15, 0.2) is 0 Å². The van der Waals surface area contributed by atoms with Gasteiger partial charge in [-0.2, -0.15) is 25.3 Å². The number of unbranched alkanes of at least 4 members (excludes halogenated alkanes) is 1. The Morgan fingerprint density at radius 1 is 0.852 bits per heavy atom. The normalized spacial score (nSPS) is 12.3. The lowest BCUT2D eigenvalue weighted by Crippen LogP contribution is -2.45. The highest BCUT2D eigenvalue weighted by Crippen LogP contribution is 2.02. The number of rotatable bonds is 21. The molecule has 7 nitrogen and oxygen atoms in total. The van der Waals surface area contributed by atoms with Crippen LogP contribution in [0.1, 0.15) is 32.1 Å². The quantitative estimate of drug-likeness (QED) is 0.118. The van der Waals surface area contributed by atoms with E-state index in [0.29, 0.717) is 39.5 Å². The first-order valence-electron chi connectivity index (χ1n) is 10.0. The molecule has 1 amide bonds. The smallest absolute Gasteiger partial charge is 0.237 e. The molecule has 0 aromatic carbocycles. The maximum Gasteiger partial charge on any atom is 0.237 e. The molecule has 9 heteroatoms. The number of nitrogens with one attached hydrogen (secondary N) is 3. The molecule has 0 aliphatic carbocycles. The fourth-order valence-electron chi connectivity index (χ4n) is 2.38. The summed E-state index contributed by atoms with van der Waals surface area (Å²) in [5.74, 6) is 1.77. The van der Waals surface area contributed by atoms with Gasteiger partial charge in [-0.15, -0.1) is 0 Å². The van der Waals surface area contributed by atoms with Crippen LogP contribution in [-0.4, -0.2) is 82.6 Å². The van der Waals surface area contributed by atoms with Crippen LogP contribution in [0.5, 0.6) is 0 Å². The minimum absolute atomic E-state index is 0.0418. The molecule has 1 atom stereocenters. The molecule has 0 aromatic rings. The Bertz CT molecular complexity index is 329. The average molecular weight is 425 g/mol. The first-order valence-corrected chi connectivity index (χ1v) is 11.3. The van der Waals surface area contributed by atoms with Gasteiger partial charge in [-0.1, -0.05) is 6.42 Å². The van der Waals surface area contributed by atoms with Crippen LogP contribution in [0.25, 0.3) is 0 Å². The predicted octanol–water partition coefficient (Wildman–Crippen LogP) is 0.452. The summed E-state index contributed by atoms with van der Waals surface area (Å²) in [6, 6.07) is -0.157. The number of nitrogens with two attached hydrogens (primary N) is 1. The highest BCUT2D eigenvalue weighted by atomic mass is 32.1. The molecule has 0 aliphatic rings. The molecule has 0 saturated heterocycles. The Kier molecular flexibility index (Phi) is 22.2. The van der Waals surface area contributed by atoms with E-state index in [1.165, 1.54) is 0 Å². The van der Waals surface area contributed by atoms with Gasteiger partial charge in [-0.25, -0.2) is 0 Å². The third kappa shape index (κ3) is 19.1. The predicted molar refractivity (Wildman–Crippen MR) is 119 cm³/mol. The van der Waals surface area contributed by atoms with Crippen molar-refractivity contribution in [1.29, 1.82) is 0 Å². The fourth-order valence-corrected chi connectivity index (χ4v) is 2.70. The summed E-state index contributed by atoms with van der Waals surface area (Å²) >= 11 is 8.42. The van der Waals surface area contributed by atoms with Gasteiger partial charge in [-0.3, -0.25) is 4.79 Å². The van der Waals surface area contributed by atoms with E-state index in [1.54, 1.807) is 0 Å². The molecule has 0 heterocycles. The molecule has 1 unspecified atom stereocenters. The van der Waals surface area contributed by atoms with E-state index >= 15 is 0 Å². The van der Waals surface area contributed by atoms with E-state index in [4.69, 9.17) is 15.2 Å². The average Bonchev–Trinajstić information content (AvgIpc) is 2.67. The summed E-state index contributed by atoms with van der Waals surface area (Å²) in [4.78, 5) is 12.4. The monoisotopic (exact) mass is 424 g/mol. The number of hydrogen-bond acceptors (Lipinski definition) is 8. The highest BCUT2D eigenvalue weighted by Gasteiger charge is 2.16. The maximum absolute atomic E-state index is 12.4. The zero-order valence-electron chi connectivity index (χ0n) is 16.6. The molecule has 0 radical (unpaired) electrons. The van der Waals surface area contributed by atoms with Crippen molar-refractivity contribution in [2.24, 2.45) is 5.73 Å². The Morgan fingerprint density at radius 2 is 1.52 bits per heavy atom. The van der Waals surface area contributed by atoms with Gasteiger partial charge in [0.2, 0.25) is 5.91 Å². The van der Waals surface area contributed by atoms with Gasteiger partial charge in [0.1, 0.15) is 0 Å². The van der Waals surface area contributed by atoms with E-state index in [-0.39, 0.29) is 11.9 Å². The van der Waals surface area contributed by atoms with Crippen LogP contribution in [-0.2, 0) is 14.3 Å². The van der Waals surface area contributed by atoms with Gasteiger partial charge in [0, 0.05) is 13.1 Å². The molecular weight excluding hydrogens is 384 g/mol. The number of amides is 1. The van der Waals surface area contributed by atoms with E-state index in [9.17, 15) is 4.79 Å². The van der Waals surface area contributed by atoms with Crippen molar-refractivity contribution in [3.63, 3.8) is 0 Å². The first-order chi connectivity index (χ1) is 13.3. The molecular formula is C18H40N4O3S2. The zero-order valence-corrected chi connectivity index (χ0v) is 18.4. The SMILES string of the molecule is NCCOCCOCCNC(=O)C(CCCCNCCCS)NCCCS. The second-order valence-corrected chi connectivity index (χ2v) is 7.11. The number of ether oxygens (including phenoxy) is 2. The van der Waals surface area contributed by atoms with Crippen LogP contribution in [0, 0.1) is 0 Å². The minimum Gasteiger partial charge on any atom is -0.378 e. The Morgan fingerprint density at radius 3 is 2.22 bits per heavy atom. The molecule has 5 N–H and O–H groups in total. The number of carbonyl (C=O) groups is 1. The lowest BCUT2D eigenvalue weighted by atomic mass is 10.1. The van der Waals surface area contributed by atoms with Gasteiger partial charge < -0.3 is 31.2 Å². The van der Waals surface area contributed by atoms with Crippen LogP contribution >= 0.6 is 25.3 Å². The highest BCUT2D eigenvalue weighted by molar-refractivity contribution is 7.80. The molecule has 0 fully saturated rings. The molecule has 0 spiro atoms. The summed E-state index contributed by atoms with van der Waals surface area (Å²) in [6.45, 7) is 5.89. The van der Waals surface area contributed by atoms with Crippen molar-refractivity contribution in [2.45, 2.75) is 38.1 Å². The van der Waals surface area contributed by atoms with E-state index in [1.807, 2.05) is 0 Å². The lowest BCUT2D eigenvalue weighted by molar-refractivity contribution is -0.123. The summed E-state index contributed by atoms with van der Waals surface area (Å²) in [6.07, 6.45) is 4.94. The Labute approximate surface area is 176 Å². The summed E-state index contributed by atoms with van der Waals surface area (Å²) in [5, 5.41) is 9.69. The largest absolute Gasteiger partial charge is 0.378 e. The number of thiol groups is 2. The Balaban J connectivity index is 3.87. The summed E-state index contributed by atoms with van der Waals surface area (Å²) in [5.41, 5.74) is 5.34. The molecule has 27 heavy (non-hydrogen) atoms. The third-order valence-electron chi connectivity index (χ3n) is 3.83. The molecule has 0 aromatic heterocycles. The third-order valence-corrected chi connectivity index (χ3v) is 4.46. The fraction of sp³-hybridized carbons (Fsp3) is 0.944. The van der Waals surface area contributed by atoms with Gasteiger partial charge in [0.15, 0.2) is 0 Å². The Hall–Kier alpha value is -0.0300. The summed E-state index contributed by atoms with van der Waals surface area (Å²) < 4.78 is 10.7. The first kappa shape index (κ1) is 27.0. The standard InChI is InChI=1S/C18H40N4O3S2/c19-6-11-24-13-14-25-12-10-22-18(23)17(21-9-4-16-27)5-1-2-7-20-8-3-15-26/h17,20-21,26-27H,1-16,19H2,(H,22,23). The molecule has 162 valence electrons. The molecule has 0 saturated carbocycles. The van der Waals surface area contributed by atoms with Crippen molar-refractivity contribution in [1.82, 2.24) is 16.0 Å². The van der Waals surface area contributed by atoms with E-state index in [2.05, 4.69) is 41.2 Å². The van der Waals surface area contributed by atoms with Crippen LogP contribution in [0.2, 0.25) is 0 Å². The van der Waals surface area contributed by atoms with Gasteiger partial charge in [-0.05, 0) is 56.8 Å². The number of carbonyl (C=O) groups excluding carboxylic acids is 1. The van der Waals surface area contributed by atoms with Crippen molar-refractivity contribution in [2.75, 3.05) is 70.7 Å². The zero-order chi connectivity index (χ0) is 20.0.